The third-order valence-electron chi connectivity index (χ3n) is 5.35. The summed E-state index contributed by atoms with van der Waals surface area (Å²) in [6.45, 7) is 1.91. The van der Waals surface area contributed by atoms with Crippen molar-refractivity contribution in [3.05, 3.63) is 78.4 Å². The van der Waals surface area contributed by atoms with Crippen molar-refractivity contribution in [2.75, 3.05) is 33.9 Å². The summed E-state index contributed by atoms with van der Waals surface area (Å²) in [5.74, 6) is -0.600. The van der Waals surface area contributed by atoms with Crippen molar-refractivity contribution >= 4 is 50.7 Å². The zero-order valence-corrected chi connectivity index (χ0v) is 19.8. The number of rotatable bonds is 6. The van der Waals surface area contributed by atoms with Crippen LogP contribution in [0.4, 0.5) is 17.1 Å². The lowest BCUT2D eigenvalue weighted by Crippen LogP contribution is -2.42. The summed E-state index contributed by atoms with van der Waals surface area (Å²) < 4.78 is 27.7. The van der Waals surface area contributed by atoms with Gasteiger partial charge in [-0.2, -0.15) is 0 Å². The molecule has 0 bridgehead atoms. The standard InChI is InChI=1S/C24H23N3O4S2/c1-3-27(33(30,31)20-14-12-19(32-2)13-15-20)18-10-8-17(9-11-18)24(29)26-16-23(28)25-21-6-4-5-7-22(21)26/h4-15H,3,16H2,1-2H3,(H,25,28). The van der Waals surface area contributed by atoms with Gasteiger partial charge in [0.15, 0.2) is 0 Å². The van der Waals surface area contributed by atoms with Crippen LogP contribution in [0.15, 0.2) is 82.6 Å². The zero-order valence-electron chi connectivity index (χ0n) is 18.2. The van der Waals surface area contributed by atoms with Crippen LogP contribution < -0.4 is 14.5 Å². The molecule has 0 saturated heterocycles. The van der Waals surface area contributed by atoms with Crippen molar-refractivity contribution < 1.29 is 18.0 Å². The summed E-state index contributed by atoms with van der Waals surface area (Å²) in [6, 6.07) is 20.2. The van der Waals surface area contributed by atoms with E-state index in [0.717, 1.165) is 4.90 Å². The number of hydrogen-bond donors (Lipinski definition) is 1. The Kier molecular flexibility index (Phi) is 6.44. The van der Waals surface area contributed by atoms with Gasteiger partial charge < -0.3 is 5.32 Å². The van der Waals surface area contributed by atoms with Crippen molar-refractivity contribution in [3.8, 4) is 0 Å². The van der Waals surface area contributed by atoms with Crippen LogP contribution in [0.25, 0.3) is 0 Å². The number of para-hydroxylation sites is 2. The molecule has 0 radical (unpaired) electrons. The van der Waals surface area contributed by atoms with Gasteiger partial charge in [-0.3, -0.25) is 18.8 Å². The van der Waals surface area contributed by atoms with Crippen LogP contribution in [-0.2, 0) is 14.8 Å². The van der Waals surface area contributed by atoms with Crippen LogP contribution >= 0.6 is 11.8 Å². The van der Waals surface area contributed by atoms with Crippen LogP contribution in [0.3, 0.4) is 0 Å². The lowest BCUT2D eigenvalue weighted by atomic mass is 10.1. The van der Waals surface area contributed by atoms with Crippen molar-refractivity contribution in [1.82, 2.24) is 0 Å². The summed E-state index contributed by atoms with van der Waals surface area (Å²) in [4.78, 5) is 27.8. The van der Waals surface area contributed by atoms with Gasteiger partial charge in [-0.15, -0.1) is 11.8 Å². The number of nitrogens with one attached hydrogen (secondary N) is 1. The predicted octanol–water partition coefficient (Wildman–Crippen LogP) is 4.22. The smallest absolute Gasteiger partial charge is 0.264 e. The Labute approximate surface area is 197 Å². The highest BCUT2D eigenvalue weighted by Gasteiger charge is 2.28. The molecule has 4 rings (SSSR count). The Bertz CT molecular complexity index is 1290. The minimum Gasteiger partial charge on any atom is -0.323 e. The molecule has 0 spiro atoms. The van der Waals surface area contributed by atoms with Gasteiger partial charge in [0.2, 0.25) is 5.91 Å². The van der Waals surface area contributed by atoms with Gasteiger partial charge in [0.1, 0.15) is 6.54 Å². The van der Waals surface area contributed by atoms with E-state index < -0.39 is 10.0 Å². The van der Waals surface area contributed by atoms with E-state index in [1.165, 1.54) is 9.21 Å². The molecule has 9 heteroatoms. The van der Waals surface area contributed by atoms with Crippen LogP contribution in [0.2, 0.25) is 0 Å². The molecule has 0 unspecified atom stereocenters. The normalized spacial score (nSPS) is 13.3. The van der Waals surface area contributed by atoms with Gasteiger partial charge in [0, 0.05) is 17.0 Å². The predicted molar refractivity (Wildman–Crippen MR) is 132 cm³/mol. The second-order valence-electron chi connectivity index (χ2n) is 7.35. The number of hydrogen-bond acceptors (Lipinski definition) is 5. The molecule has 1 heterocycles. The van der Waals surface area contributed by atoms with Gasteiger partial charge in [-0.25, -0.2) is 8.42 Å². The number of sulfonamides is 1. The average molecular weight is 482 g/mol. The molecular weight excluding hydrogens is 458 g/mol. The summed E-state index contributed by atoms with van der Waals surface area (Å²) in [5, 5.41) is 2.76. The third kappa shape index (κ3) is 4.46. The van der Waals surface area contributed by atoms with E-state index in [-0.39, 0.29) is 29.8 Å². The highest BCUT2D eigenvalue weighted by atomic mass is 32.2. The Morgan fingerprint density at radius 2 is 1.70 bits per heavy atom. The molecule has 1 aliphatic rings. The first-order valence-electron chi connectivity index (χ1n) is 10.3. The minimum absolute atomic E-state index is 0.0842. The van der Waals surface area contributed by atoms with E-state index in [1.807, 2.05) is 6.26 Å². The Morgan fingerprint density at radius 1 is 1.03 bits per heavy atom. The molecule has 1 aliphatic heterocycles. The number of fused-ring (bicyclic) bond motifs is 1. The van der Waals surface area contributed by atoms with Gasteiger partial charge >= 0.3 is 0 Å². The molecule has 33 heavy (non-hydrogen) atoms. The Hall–Kier alpha value is -3.30. The molecule has 7 nitrogen and oxygen atoms in total. The van der Waals surface area contributed by atoms with E-state index in [4.69, 9.17) is 0 Å². The number of benzene rings is 3. The highest BCUT2D eigenvalue weighted by molar-refractivity contribution is 7.98. The van der Waals surface area contributed by atoms with Gasteiger partial charge in [0.25, 0.3) is 15.9 Å². The quantitative estimate of drug-likeness (QED) is 0.533. The maximum Gasteiger partial charge on any atom is 0.264 e. The summed E-state index contributed by atoms with van der Waals surface area (Å²) in [5.41, 5.74) is 2.02. The molecule has 0 saturated carbocycles. The minimum atomic E-state index is -3.75. The Balaban J connectivity index is 1.61. The SMILES string of the molecule is CCN(c1ccc(C(=O)N2CC(=O)Nc3ccccc32)cc1)S(=O)(=O)c1ccc(SC)cc1. The number of thioether (sulfide) groups is 1. The average Bonchev–Trinajstić information content (AvgIpc) is 2.83. The molecular formula is C24H23N3O4S2. The fraction of sp³-hybridized carbons (Fsp3) is 0.167. The largest absolute Gasteiger partial charge is 0.323 e. The maximum absolute atomic E-state index is 13.2. The van der Waals surface area contributed by atoms with E-state index >= 15 is 0 Å². The summed E-state index contributed by atoms with van der Waals surface area (Å²) in [7, 11) is -3.75. The molecule has 3 aromatic rings. The first-order valence-corrected chi connectivity index (χ1v) is 13.0. The second-order valence-corrected chi connectivity index (χ2v) is 10.1. The molecule has 0 aromatic heterocycles. The number of amides is 2. The van der Waals surface area contributed by atoms with E-state index in [0.29, 0.717) is 22.6 Å². The fourth-order valence-corrected chi connectivity index (χ4v) is 5.59. The van der Waals surface area contributed by atoms with Crippen LogP contribution in [0, 0.1) is 0 Å². The number of carbonyl (C=O) groups excluding carboxylic acids is 2. The zero-order chi connectivity index (χ0) is 23.6. The van der Waals surface area contributed by atoms with Crippen LogP contribution in [0.1, 0.15) is 17.3 Å². The van der Waals surface area contributed by atoms with Crippen LogP contribution in [-0.4, -0.2) is 39.6 Å². The number of anilines is 3. The van der Waals surface area contributed by atoms with E-state index in [1.54, 1.807) is 91.5 Å². The molecule has 0 aliphatic carbocycles. The first kappa shape index (κ1) is 22.9. The lowest BCUT2D eigenvalue weighted by molar-refractivity contribution is -0.115. The summed E-state index contributed by atoms with van der Waals surface area (Å²) >= 11 is 1.54. The molecule has 1 N–H and O–H groups in total. The first-order chi connectivity index (χ1) is 15.8. The third-order valence-corrected chi connectivity index (χ3v) is 8.01. The van der Waals surface area contributed by atoms with Gasteiger partial charge in [-0.05, 0) is 73.8 Å². The molecule has 0 atom stereocenters. The number of carbonyl (C=O) groups is 2. The molecule has 170 valence electrons. The van der Waals surface area contributed by atoms with Crippen molar-refractivity contribution in [1.29, 1.82) is 0 Å². The maximum atomic E-state index is 13.2. The van der Waals surface area contributed by atoms with E-state index in [9.17, 15) is 18.0 Å². The monoisotopic (exact) mass is 481 g/mol. The van der Waals surface area contributed by atoms with E-state index in [2.05, 4.69) is 5.32 Å². The Morgan fingerprint density at radius 3 is 2.33 bits per heavy atom. The van der Waals surface area contributed by atoms with Gasteiger partial charge in [0.05, 0.1) is 22.0 Å². The molecule has 0 fully saturated rings. The topological polar surface area (TPSA) is 86.8 Å². The second kappa shape index (κ2) is 9.29. The number of nitrogens with zero attached hydrogens (tertiary/aromatic N) is 2. The molecule has 2 amide bonds. The van der Waals surface area contributed by atoms with Crippen molar-refractivity contribution in [2.24, 2.45) is 0 Å². The van der Waals surface area contributed by atoms with Crippen LogP contribution in [0.5, 0.6) is 0 Å². The van der Waals surface area contributed by atoms with Crippen molar-refractivity contribution in [2.45, 2.75) is 16.7 Å². The fourth-order valence-electron chi connectivity index (χ4n) is 3.71. The molecule has 3 aromatic carbocycles. The van der Waals surface area contributed by atoms with Gasteiger partial charge in [-0.1, -0.05) is 12.1 Å². The lowest BCUT2D eigenvalue weighted by Gasteiger charge is -2.29. The van der Waals surface area contributed by atoms with Crippen molar-refractivity contribution in [3.63, 3.8) is 0 Å². The highest BCUT2D eigenvalue weighted by Crippen LogP contribution is 2.31. The summed E-state index contributed by atoms with van der Waals surface area (Å²) in [6.07, 6.45) is 1.93.